The normalized spacial score (nSPS) is 16.4. The van der Waals surface area contributed by atoms with E-state index in [2.05, 4.69) is 11.1 Å². The average Bonchev–Trinajstić information content (AvgIpc) is 3.55. The SMILES string of the molecule is O=C(O)c1ccc2nc(C[C@@H]3CC=C(c4ccc(F)c(OCc5ccc(Cl)c6cc(F)oc56)n4)CC3)n(CC3=CCO3)c2c1. The number of fused-ring (bicyclic) bond motifs is 2. The molecular weight excluding hydrogens is 592 g/mol. The van der Waals surface area contributed by atoms with Gasteiger partial charge in [0.15, 0.2) is 5.82 Å². The lowest BCUT2D eigenvalue weighted by Crippen LogP contribution is -2.17. The summed E-state index contributed by atoms with van der Waals surface area (Å²) in [6.07, 6.45) is 7.23. The maximum Gasteiger partial charge on any atom is 0.335 e. The largest absolute Gasteiger partial charge is 0.492 e. The van der Waals surface area contributed by atoms with E-state index in [9.17, 15) is 18.7 Å². The third-order valence-electron chi connectivity index (χ3n) is 8.15. The van der Waals surface area contributed by atoms with E-state index in [1.54, 1.807) is 36.4 Å². The Morgan fingerprint density at radius 3 is 2.73 bits per heavy atom. The highest BCUT2D eigenvalue weighted by molar-refractivity contribution is 6.35. The molecule has 0 unspecified atom stereocenters. The van der Waals surface area contributed by atoms with Gasteiger partial charge in [0.1, 0.15) is 30.4 Å². The highest BCUT2D eigenvalue weighted by Crippen LogP contribution is 2.34. The molecule has 5 aromatic rings. The van der Waals surface area contributed by atoms with Crippen molar-refractivity contribution in [2.45, 2.75) is 38.8 Å². The van der Waals surface area contributed by atoms with Crippen LogP contribution in [0, 0.1) is 17.7 Å². The Bertz CT molecular complexity index is 2000. The molecule has 0 spiro atoms. The molecule has 2 aliphatic rings. The van der Waals surface area contributed by atoms with Crippen molar-refractivity contribution >= 4 is 45.1 Å². The van der Waals surface area contributed by atoms with Gasteiger partial charge in [-0.1, -0.05) is 23.7 Å². The molecule has 7 rings (SSSR count). The highest BCUT2D eigenvalue weighted by atomic mass is 35.5. The maximum absolute atomic E-state index is 14.7. The molecule has 11 heteroatoms. The number of furan rings is 1. The fourth-order valence-electron chi connectivity index (χ4n) is 5.75. The summed E-state index contributed by atoms with van der Waals surface area (Å²) < 4.78 is 46.8. The third kappa shape index (κ3) is 5.41. The first-order valence-corrected chi connectivity index (χ1v) is 14.6. The molecule has 1 atom stereocenters. The van der Waals surface area contributed by atoms with Crippen LogP contribution in [0.2, 0.25) is 5.02 Å². The van der Waals surface area contributed by atoms with Crippen LogP contribution >= 0.6 is 11.6 Å². The quantitative estimate of drug-likeness (QED) is 0.181. The zero-order valence-electron chi connectivity index (χ0n) is 23.4. The van der Waals surface area contributed by atoms with Crippen LogP contribution in [0.5, 0.6) is 5.88 Å². The molecule has 0 saturated heterocycles. The van der Waals surface area contributed by atoms with Crippen molar-refractivity contribution in [3.05, 3.63) is 106 Å². The number of pyridine rings is 1. The molecule has 224 valence electrons. The van der Waals surface area contributed by atoms with E-state index in [-0.39, 0.29) is 23.6 Å². The number of nitrogens with zero attached hydrogens (tertiary/aromatic N) is 3. The fraction of sp³-hybridized carbons (Fsp3) is 0.242. The van der Waals surface area contributed by atoms with Crippen molar-refractivity contribution in [1.82, 2.24) is 14.5 Å². The number of halogens is 3. The van der Waals surface area contributed by atoms with E-state index in [0.717, 1.165) is 47.5 Å². The number of carbonyl (C=O) groups is 1. The van der Waals surface area contributed by atoms with Crippen LogP contribution in [0.1, 0.15) is 46.7 Å². The van der Waals surface area contributed by atoms with Crippen LogP contribution in [0.4, 0.5) is 8.78 Å². The second-order valence-corrected chi connectivity index (χ2v) is 11.4. The number of allylic oxidation sites excluding steroid dienone is 3. The number of carboxylic acids is 1. The molecule has 1 aliphatic carbocycles. The molecule has 0 radical (unpaired) electrons. The van der Waals surface area contributed by atoms with Crippen molar-refractivity contribution in [3.63, 3.8) is 0 Å². The number of aromatic carboxylic acids is 1. The minimum Gasteiger partial charge on any atom is -0.492 e. The number of hydrogen-bond donors (Lipinski definition) is 1. The van der Waals surface area contributed by atoms with Crippen molar-refractivity contribution in [1.29, 1.82) is 0 Å². The van der Waals surface area contributed by atoms with Crippen LogP contribution in [0.3, 0.4) is 0 Å². The molecule has 1 aliphatic heterocycles. The molecule has 8 nitrogen and oxygen atoms in total. The molecule has 4 heterocycles. The number of imidazole rings is 1. The van der Waals surface area contributed by atoms with Crippen LogP contribution in [0.25, 0.3) is 27.6 Å². The second kappa shape index (κ2) is 11.4. The fourth-order valence-corrected chi connectivity index (χ4v) is 5.95. The molecule has 0 amide bonds. The van der Waals surface area contributed by atoms with Gasteiger partial charge in [0.2, 0.25) is 0 Å². The van der Waals surface area contributed by atoms with Gasteiger partial charge in [-0.2, -0.15) is 4.39 Å². The van der Waals surface area contributed by atoms with Gasteiger partial charge in [-0.15, -0.1) is 0 Å². The van der Waals surface area contributed by atoms with Crippen LogP contribution in [-0.2, 0) is 24.3 Å². The van der Waals surface area contributed by atoms with Gasteiger partial charge in [-0.25, -0.2) is 19.2 Å². The van der Waals surface area contributed by atoms with E-state index in [1.807, 2.05) is 10.6 Å². The summed E-state index contributed by atoms with van der Waals surface area (Å²) >= 11 is 6.14. The van der Waals surface area contributed by atoms with Crippen molar-refractivity contribution in [3.8, 4) is 5.88 Å². The smallest absolute Gasteiger partial charge is 0.335 e. The first-order valence-electron chi connectivity index (χ1n) is 14.2. The lowest BCUT2D eigenvalue weighted by atomic mass is 9.86. The highest BCUT2D eigenvalue weighted by Gasteiger charge is 2.23. The summed E-state index contributed by atoms with van der Waals surface area (Å²) in [5, 5.41) is 10.3. The Hall–Kier alpha value is -4.70. The lowest BCUT2D eigenvalue weighted by Gasteiger charge is -2.23. The zero-order chi connectivity index (χ0) is 30.4. The van der Waals surface area contributed by atoms with Crippen molar-refractivity contribution < 1.29 is 32.6 Å². The first-order chi connectivity index (χ1) is 21.3. The standard InChI is InChI=1S/C33H26ClF2N3O5/c34-24-7-5-21(31-23(24)15-29(36)44-31)17-43-32-25(35)8-10-26(38-32)19-3-1-18(2-4-19)13-30-37-27-9-6-20(33(40)41)14-28(27)39(30)16-22-11-12-42-22/h3,5-11,14-15,18H,1-2,4,12-13,16-17H2,(H,40,41)/t18-/m1/s1. The second-order valence-electron chi connectivity index (χ2n) is 11.0. The summed E-state index contributed by atoms with van der Waals surface area (Å²) in [6, 6.07) is 11.6. The Balaban J connectivity index is 1.07. The summed E-state index contributed by atoms with van der Waals surface area (Å²) in [6.45, 7) is 1.00. The Labute approximate surface area is 255 Å². The van der Waals surface area contributed by atoms with Gasteiger partial charge >= 0.3 is 5.97 Å². The van der Waals surface area contributed by atoms with E-state index in [1.165, 1.54) is 12.1 Å². The maximum atomic E-state index is 14.7. The van der Waals surface area contributed by atoms with Gasteiger partial charge in [0, 0.05) is 23.4 Å². The van der Waals surface area contributed by atoms with Crippen LogP contribution in [-0.4, -0.2) is 32.2 Å². The van der Waals surface area contributed by atoms with Gasteiger partial charge in [0.25, 0.3) is 11.9 Å². The summed E-state index contributed by atoms with van der Waals surface area (Å²) in [7, 11) is 0. The van der Waals surface area contributed by atoms with Crippen molar-refractivity contribution in [2.75, 3.05) is 6.61 Å². The third-order valence-corrected chi connectivity index (χ3v) is 8.48. The summed E-state index contributed by atoms with van der Waals surface area (Å²) in [5.74, 6) is 0.292. The van der Waals surface area contributed by atoms with Gasteiger partial charge in [0.05, 0.1) is 33.9 Å². The molecule has 2 aromatic carbocycles. The van der Waals surface area contributed by atoms with Crippen LogP contribution < -0.4 is 4.74 Å². The minimum atomic E-state index is -0.983. The molecule has 0 saturated carbocycles. The van der Waals surface area contributed by atoms with E-state index in [0.29, 0.717) is 47.2 Å². The number of hydrogen-bond acceptors (Lipinski definition) is 6. The summed E-state index contributed by atoms with van der Waals surface area (Å²) in [4.78, 5) is 20.9. The predicted molar refractivity (Wildman–Crippen MR) is 159 cm³/mol. The van der Waals surface area contributed by atoms with Crippen molar-refractivity contribution in [2.24, 2.45) is 5.92 Å². The van der Waals surface area contributed by atoms with Crippen LogP contribution in [0.15, 0.2) is 70.9 Å². The summed E-state index contributed by atoms with van der Waals surface area (Å²) in [5.41, 5.74) is 4.13. The molecule has 1 N–H and O–H groups in total. The number of aromatic nitrogens is 3. The topological polar surface area (TPSA) is 99.6 Å². The molecule has 0 bridgehead atoms. The lowest BCUT2D eigenvalue weighted by molar-refractivity contribution is 0.0697. The van der Waals surface area contributed by atoms with Gasteiger partial charge in [-0.05, 0) is 73.2 Å². The van der Waals surface area contributed by atoms with E-state index >= 15 is 0 Å². The monoisotopic (exact) mass is 617 g/mol. The average molecular weight is 618 g/mol. The molecule has 3 aromatic heterocycles. The number of carboxylic acid groups (broad SMARTS) is 1. The minimum absolute atomic E-state index is 0.0774. The zero-order valence-corrected chi connectivity index (χ0v) is 24.1. The predicted octanol–water partition coefficient (Wildman–Crippen LogP) is 7.73. The number of ether oxygens (including phenoxy) is 2. The molecular formula is C33H26ClF2N3O5. The number of rotatable bonds is 9. The molecule has 0 fully saturated rings. The van der Waals surface area contributed by atoms with Gasteiger partial charge in [-0.3, -0.25) is 0 Å². The Morgan fingerprint density at radius 1 is 1.11 bits per heavy atom. The van der Waals surface area contributed by atoms with Gasteiger partial charge < -0.3 is 23.6 Å². The number of benzene rings is 2. The first kappa shape index (κ1) is 28.1. The Morgan fingerprint density at radius 2 is 1.98 bits per heavy atom. The molecule has 44 heavy (non-hydrogen) atoms. The van der Waals surface area contributed by atoms with E-state index in [4.69, 9.17) is 30.5 Å². The van der Waals surface area contributed by atoms with E-state index < -0.39 is 17.8 Å². The Kier molecular flexibility index (Phi) is 7.29.